The molecule has 2 bridgehead atoms. The molecule has 1 aliphatic heterocycles. The number of hydrogen-bond acceptors (Lipinski definition) is 3. The molecule has 4 heteroatoms. The lowest BCUT2D eigenvalue weighted by atomic mass is 9.59. The van der Waals surface area contributed by atoms with Crippen LogP contribution in [0.4, 0.5) is 0 Å². The molecule has 1 fully saturated rings. The van der Waals surface area contributed by atoms with E-state index in [1.54, 1.807) is 0 Å². The molecule has 1 amide bonds. The quantitative estimate of drug-likeness (QED) is 0.636. The first kappa shape index (κ1) is 20.6. The zero-order valence-corrected chi connectivity index (χ0v) is 18.9. The highest BCUT2D eigenvalue weighted by atomic mass is 16.5. The van der Waals surface area contributed by atoms with Gasteiger partial charge in [-0.3, -0.25) is 9.69 Å². The monoisotopic (exact) mass is 438 g/mol. The maximum absolute atomic E-state index is 13.1. The molecule has 3 aromatic carbocycles. The van der Waals surface area contributed by atoms with Crippen molar-refractivity contribution in [3.63, 3.8) is 0 Å². The summed E-state index contributed by atoms with van der Waals surface area (Å²) >= 11 is 0. The van der Waals surface area contributed by atoms with Crippen LogP contribution in [-0.4, -0.2) is 43.7 Å². The average molecular weight is 439 g/mol. The Morgan fingerprint density at radius 3 is 2.24 bits per heavy atom. The topological polar surface area (TPSA) is 41.6 Å². The number of rotatable bonds is 5. The Balaban J connectivity index is 1.17. The summed E-state index contributed by atoms with van der Waals surface area (Å²) in [5.41, 5.74) is 7.77. The summed E-state index contributed by atoms with van der Waals surface area (Å²) in [7, 11) is 0. The molecule has 0 aromatic heterocycles. The van der Waals surface area contributed by atoms with Crippen LogP contribution in [0.5, 0.6) is 0 Å². The summed E-state index contributed by atoms with van der Waals surface area (Å²) in [5.74, 6) is 1.23. The van der Waals surface area contributed by atoms with E-state index in [0.717, 1.165) is 44.8 Å². The van der Waals surface area contributed by atoms with Crippen molar-refractivity contribution < 1.29 is 9.53 Å². The molecule has 0 spiro atoms. The van der Waals surface area contributed by atoms with Gasteiger partial charge < -0.3 is 10.1 Å². The fraction of sp³-hybridized carbons (Fsp3) is 0.345. The van der Waals surface area contributed by atoms with Gasteiger partial charge in [0.2, 0.25) is 0 Å². The van der Waals surface area contributed by atoms with E-state index in [4.69, 9.17) is 4.74 Å². The highest BCUT2D eigenvalue weighted by Crippen LogP contribution is 2.55. The second-order valence-corrected chi connectivity index (χ2v) is 9.58. The largest absolute Gasteiger partial charge is 0.379 e. The van der Waals surface area contributed by atoms with Crippen LogP contribution in [0.1, 0.15) is 56.4 Å². The molecule has 4 nitrogen and oxygen atoms in total. The van der Waals surface area contributed by atoms with Gasteiger partial charge in [-0.05, 0) is 52.3 Å². The Bertz CT molecular complexity index is 1120. The summed E-state index contributed by atoms with van der Waals surface area (Å²) in [6, 6.07) is 25.8. The van der Waals surface area contributed by atoms with Gasteiger partial charge in [0.1, 0.15) is 0 Å². The van der Waals surface area contributed by atoms with E-state index in [2.05, 4.69) is 64.8 Å². The van der Waals surface area contributed by atoms with Crippen LogP contribution in [0.25, 0.3) is 0 Å². The van der Waals surface area contributed by atoms with Crippen LogP contribution in [0.3, 0.4) is 0 Å². The first-order chi connectivity index (χ1) is 16.3. The van der Waals surface area contributed by atoms with Gasteiger partial charge in [0.15, 0.2) is 0 Å². The molecule has 1 N–H and O–H groups in total. The van der Waals surface area contributed by atoms with Crippen LogP contribution in [0, 0.1) is 5.92 Å². The molecule has 168 valence electrons. The molecular formula is C29H30N2O2. The van der Waals surface area contributed by atoms with Crippen molar-refractivity contribution in [1.82, 2.24) is 10.2 Å². The molecule has 1 saturated heterocycles. The highest BCUT2D eigenvalue weighted by Gasteiger charge is 2.42. The summed E-state index contributed by atoms with van der Waals surface area (Å²) in [6.07, 6.45) is 1.09. The van der Waals surface area contributed by atoms with Crippen LogP contribution in [-0.2, 0) is 11.3 Å². The predicted octanol–water partition coefficient (Wildman–Crippen LogP) is 4.55. The van der Waals surface area contributed by atoms with Gasteiger partial charge in [-0.25, -0.2) is 0 Å². The van der Waals surface area contributed by atoms with Gasteiger partial charge in [-0.1, -0.05) is 60.7 Å². The van der Waals surface area contributed by atoms with E-state index in [1.807, 2.05) is 18.2 Å². The Hall–Kier alpha value is -2.95. The molecule has 3 aliphatic carbocycles. The minimum Gasteiger partial charge on any atom is -0.379 e. The second-order valence-electron chi connectivity index (χ2n) is 9.58. The lowest BCUT2D eigenvalue weighted by Crippen LogP contribution is -2.39. The number of amides is 1. The van der Waals surface area contributed by atoms with Crippen molar-refractivity contribution in [1.29, 1.82) is 0 Å². The van der Waals surface area contributed by atoms with Crippen molar-refractivity contribution in [2.45, 2.75) is 24.8 Å². The Kier molecular flexibility index (Phi) is 5.49. The van der Waals surface area contributed by atoms with Gasteiger partial charge in [0.05, 0.1) is 13.2 Å². The second kappa shape index (κ2) is 8.77. The molecule has 7 rings (SSSR count). The number of carbonyl (C=O) groups excluding carboxylic acids is 1. The SMILES string of the molecule is O=C(NCC1CC2c3ccccc3C1c1ccccc12)c1cccc(CN2CCOCC2)c1. The van der Waals surface area contributed by atoms with Gasteiger partial charge in [0, 0.05) is 43.6 Å². The fourth-order valence-corrected chi connectivity index (χ4v) is 6.11. The van der Waals surface area contributed by atoms with Crippen molar-refractivity contribution >= 4 is 5.91 Å². The highest BCUT2D eigenvalue weighted by molar-refractivity contribution is 5.94. The summed E-state index contributed by atoms with van der Waals surface area (Å²) < 4.78 is 5.45. The number of nitrogens with zero attached hydrogens (tertiary/aromatic N) is 1. The predicted molar refractivity (Wildman–Crippen MR) is 130 cm³/mol. The van der Waals surface area contributed by atoms with Crippen LogP contribution >= 0.6 is 0 Å². The Morgan fingerprint density at radius 1 is 0.879 bits per heavy atom. The first-order valence-electron chi connectivity index (χ1n) is 12.1. The molecule has 33 heavy (non-hydrogen) atoms. The number of morpholine rings is 1. The molecule has 0 radical (unpaired) electrons. The number of ether oxygens (including phenoxy) is 1. The third-order valence-corrected chi connectivity index (χ3v) is 7.65. The van der Waals surface area contributed by atoms with Crippen LogP contribution in [0.15, 0.2) is 72.8 Å². The number of benzene rings is 3. The van der Waals surface area contributed by atoms with E-state index in [9.17, 15) is 4.79 Å². The summed E-state index contributed by atoms with van der Waals surface area (Å²) in [6.45, 7) is 5.04. The maximum atomic E-state index is 13.1. The Morgan fingerprint density at radius 2 is 1.55 bits per heavy atom. The fourth-order valence-electron chi connectivity index (χ4n) is 6.11. The van der Waals surface area contributed by atoms with Crippen molar-refractivity contribution in [3.05, 3.63) is 106 Å². The van der Waals surface area contributed by atoms with E-state index < -0.39 is 0 Å². The van der Waals surface area contributed by atoms with Crippen LogP contribution in [0.2, 0.25) is 0 Å². The minimum atomic E-state index is 0.0295. The number of nitrogens with one attached hydrogen (secondary N) is 1. The van der Waals surface area contributed by atoms with E-state index >= 15 is 0 Å². The molecule has 4 aliphatic rings. The van der Waals surface area contributed by atoms with E-state index in [-0.39, 0.29) is 5.91 Å². The van der Waals surface area contributed by atoms with Crippen molar-refractivity contribution in [3.8, 4) is 0 Å². The molecule has 1 heterocycles. The zero-order chi connectivity index (χ0) is 22.2. The molecular weight excluding hydrogens is 408 g/mol. The lowest BCUT2D eigenvalue weighted by molar-refractivity contribution is 0.0342. The van der Waals surface area contributed by atoms with Gasteiger partial charge in [-0.2, -0.15) is 0 Å². The minimum absolute atomic E-state index is 0.0295. The number of hydrogen-bond donors (Lipinski definition) is 1. The van der Waals surface area contributed by atoms with E-state index in [0.29, 0.717) is 24.3 Å². The summed E-state index contributed by atoms with van der Waals surface area (Å²) in [5, 5.41) is 3.27. The molecule has 3 aromatic rings. The smallest absolute Gasteiger partial charge is 0.251 e. The zero-order valence-electron chi connectivity index (χ0n) is 18.9. The van der Waals surface area contributed by atoms with Gasteiger partial charge >= 0.3 is 0 Å². The standard InChI is InChI=1S/C29H30N2O2/c32-29(21-7-5-6-20(16-21)19-31-12-14-33-15-13-31)30-18-22-17-27-23-8-1-3-10-25(23)28(22)26-11-4-2-9-24(26)27/h1-11,16,22,27-28H,12-15,17-19H2,(H,30,32). The van der Waals surface area contributed by atoms with Crippen LogP contribution < -0.4 is 5.32 Å². The average Bonchev–Trinajstić information content (AvgIpc) is 2.88. The van der Waals surface area contributed by atoms with E-state index in [1.165, 1.54) is 27.8 Å². The molecule has 1 unspecified atom stereocenters. The normalized spacial score (nSPS) is 23.6. The molecule has 0 saturated carbocycles. The first-order valence-corrected chi connectivity index (χ1v) is 12.1. The number of fused-ring (bicyclic) bond motifs is 1. The maximum Gasteiger partial charge on any atom is 0.251 e. The lowest BCUT2D eigenvalue weighted by Gasteiger charge is -2.45. The Labute approximate surface area is 195 Å². The van der Waals surface area contributed by atoms with Crippen molar-refractivity contribution in [2.75, 3.05) is 32.8 Å². The molecule has 1 atom stereocenters. The van der Waals surface area contributed by atoms with Gasteiger partial charge in [-0.15, -0.1) is 0 Å². The number of carbonyl (C=O) groups is 1. The third-order valence-electron chi connectivity index (χ3n) is 7.65. The van der Waals surface area contributed by atoms with Gasteiger partial charge in [0.25, 0.3) is 5.91 Å². The third kappa shape index (κ3) is 3.88. The summed E-state index contributed by atoms with van der Waals surface area (Å²) in [4.78, 5) is 15.5. The van der Waals surface area contributed by atoms with Crippen molar-refractivity contribution in [2.24, 2.45) is 5.92 Å².